The van der Waals surface area contributed by atoms with Crippen molar-refractivity contribution in [3.05, 3.63) is 82.4 Å². The van der Waals surface area contributed by atoms with Crippen molar-refractivity contribution in [2.24, 2.45) is 0 Å². The van der Waals surface area contributed by atoms with Gasteiger partial charge in [0.05, 0.1) is 6.04 Å². The highest BCUT2D eigenvalue weighted by atomic mass is 35.5. The van der Waals surface area contributed by atoms with E-state index in [0.717, 1.165) is 11.1 Å². The minimum Gasteiger partial charge on any atom is -0.358 e. The molecule has 0 bridgehead atoms. The maximum Gasteiger partial charge on any atom is 0.252 e. The third-order valence-electron chi connectivity index (χ3n) is 4.43. The van der Waals surface area contributed by atoms with E-state index in [9.17, 15) is 4.79 Å². The zero-order valence-electron chi connectivity index (χ0n) is 13.9. The molecule has 1 aliphatic heterocycles. The lowest BCUT2D eigenvalue weighted by Crippen LogP contribution is -2.48. The van der Waals surface area contributed by atoms with Crippen LogP contribution in [0.5, 0.6) is 0 Å². The van der Waals surface area contributed by atoms with Crippen LogP contribution in [0.3, 0.4) is 0 Å². The summed E-state index contributed by atoms with van der Waals surface area (Å²) in [6.45, 7) is 3.73. The average molecular weight is 376 g/mol. The first-order valence-electron chi connectivity index (χ1n) is 8.05. The second-order valence-electron chi connectivity index (χ2n) is 6.07. The number of carbonyl (C=O) groups excluding carboxylic acids is 1. The summed E-state index contributed by atoms with van der Waals surface area (Å²) in [5, 5.41) is 1.32. The maximum atomic E-state index is 12.7. The van der Waals surface area contributed by atoms with Gasteiger partial charge in [0.1, 0.15) is 12.2 Å². The molecule has 1 saturated heterocycles. The summed E-state index contributed by atoms with van der Waals surface area (Å²) in [7, 11) is 1.81. The molecule has 0 spiro atoms. The minimum atomic E-state index is -0.535. The molecule has 2 aromatic rings. The number of nitrogens with zero attached hydrogens (tertiary/aromatic N) is 1. The maximum absolute atomic E-state index is 12.7. The van der Waals surface area contributed by atoms with Crippen LogP contribution in [0.1, 0.15) is 29.7 Å². The minimum absolute atomic E-state index is 0.0509. The molecular formula is C20H19Cl2NO2. The molecule has 2 aromatic carbocycles. The third-order valence-corrected chi connectivity index (χ3v) is 4.93. The smallest absolute Gasteiger partial charge is 0.252 e. The van der Waals surface area contributed by atoms with Gasteiger partial charge in [-0.05, 0) is 35.4 Å². The number of amides is 1. The Kier molecular flexibility index (Phi) is 5.48. The highest BCUT2D eigenvalue weighted by Gasteiger charge is 2.41. The van der Waals surface area contributed by atoms with E-state index >= 15 is 0 Å². The van der Waals surface area contributed by atoms with Crippen molar-refractivity contribution in [3.63, 3.8) is 0 Å². The highest BCUT2D eigenvalue weighted by molar-refractivity contribution is 6.30. The molecule has 3 rings (SSSR count). The van der Waals surface area contributed by atoms with E-state index in [2.05, 4.69) is 6.58 Å². The van der Waals surface area contributed by atoms with Crippen LogP contribution in [0.2, 0.25) is 10.0 Å². The molecule has 130 valence electrons. The second kappa shape index (κ2) is 7.61. The zero-order chi connectivity index (χ0) is 18.0. The van der Waals surface area contributed by atoms with Crippen molar-refractivity contribution in [2.45, 2.75) is 24.7 Å². The molecule has 0 aliphatic carbocycles. The Balaban J connectivity index is 2.03. The number of morpholine rings is 1. The number of hydrogen-bond acceptors (Lipinski definition) is 2. The fraction of sp³-hybridized carbons (Fsp3) is 0.250. The van der Waals surface area contributed by atoms with Gasteiger partial charge in [-0.2, -0.15) is 0 Å². The highest BCUT2D eigenvalue weighted by Crippen LogP contribution is 2.42. The van der Waals surface area contributed by atoms with Gasteiger partial charge in [-0.15, -0.1) is 6.58 Å². The molecule has 3 atom stereocenters. The molecular weight excluding hydrogens is 357 g/mol. The fourth-order valence-electron chi connectivity index (χ4n) is 3.16. The summed E-state index contributed by atoms with van der Waals surface area (Å²) >= 11 is 12.0. The Labute approximate surface area is 157 Å². The van der Waals surface area contributed by atoms with Crippen LogP contribution in [0.15, 0.2) is 61.2 Å². The van der Waals surface area contributed by atoms with E-state index in [0.29, 0.717) is 16.5 Å². The lowest BCUT2D eigenvalue weighted by atomic mass is 9.91. The monoisotopic (exact) mass is 375 g/mol. The molecule has 2 unspecified atom stereocenters. The van der Waals surface area contributed by atoms with Crippen LogP contribution in [0.25, 0.3) is 0 Å². The summed E-state index contributed by atoms with van der Waals surface area (Å²) in [4.78, 5) is 14.5. The van der Waals surface area contributed by atoms with Gasteiger partial charge in [0, 0.05) is 23.5 Å². The van der Waals surface area contributed by atoms with E-state index in [1.807, 2.05) is 55.6 Å². The Morgan fingerprint density at radius 2 is 1.56 bits per heavy atom. The van der Waals surface area contributed by atoms with Crippen molar-refractivity contribution in [2.75, 3.05) is 7.05 Å². The Morgan fingerprint density at radius 1 is 1.04 bits per heavy atom. The molecule has 0 saturated carbocycles. The predicted molar refractivity (Wildman–Crippen MR) is 101 cm³/mol. The number of likely N-dealkylation sites (N-methyl/N-ethyl adjacent to an activating group) is 1. The van der Waals surface area contributed by atoms with Crippen molar-refractivity contribution in [3.8, 4) is 0 Å². The van der Waals surface area contributed by atoms with Crippen molar-refractivity contribution >= 4 is 29.1 Å². The normalized spacial score (nSPS) is 23.6. The first-order valence-corrected chi connectivity index (χ1v) is 8.81. The van der Waals surface area contributed by atoms with Gasteiger partial charge < -0.3 is 9.64 Å². The zero-order valence-corrected chi connectivity index (χ0v) is 15.4. The molecule has 1 amide bonds. The number of rotatable bonds is 4. The van der Waals surface area contributed by atoms with Gasteiger partial charge in [0.25, 0.3) is 5.91 Å². The van der Waals surface area contributed by atoms with Crippen LogP contribution in [0, 0.1) is 0 Å². The Bertz CT molecular complexity index is 758. The molecule has 5 heteroatoms. The van der Waals surface area contributed by atoms with Gasteiger partial charge >= 0.3 is 0 Å². The molecule has 0 radical (unpaired) electrons. The molecule has 1 aliphatic rings. The number of ether oxygens (including phenoxy) is 1. The first-order chi connectivity index (χ1) is 12.0. The first kappa shape index (κ1) is 18.0. The lowest BCUT2D eigenvalue weighted by Gasteiger charge is -2.43. The quantitative estimate of drug-likeness (QED) is 0.686. The van der Waals surface area contributed by atoms with Gasteiger partial charge in [-0.1, -0.05) is 53.5 Å². The second-order valence-corrected chi connectivity index (χ2v) is 6.94. The molecule has 0 N–H and O–H groups in total. The van der Waals surface area contributed by atoms with Crippen LogP contribution >= 0.6 is 23.2 Å². The summed E-state index contributed by atoms with van der Waals surface area (Å²) in [5.74, 6) is -0.0509. The van der Waals surface area contributed by atoms with Gasteiger partial charge in [-0.3, -0.25) is 4.79 Å². The summed E-state index contributed by atoms with van der Waals surface area (Å²) in [5.41, 5.74) is 1.94. The Hall–Kier alpha value is -1.81. The van der Waals surface area contributed by atoms with Gasteiger partial charge in [0.2, 0.25) is 0 Å². The number of hydrogen-bond donors (Lipinski definition) is 0. The van der Waals surface area contributed by atoms with Gasteiger partial charge in [0.15, 0.2) is 0 Å². The van der Waals surface area contributed by atoms with Crippen LogP contribution in [0.4, 0.5) is 0 Å². The van der Waals surface area contributed by atoms with E-state index in [1.165, 1.54) is 0 Å². The molecule has 1 fully saturated rings. The van der Waals surface area contributed by atoms with Crippen LogP contribution in [-0.4, -0.2) is 24.0 Å². The fourth-order valence-corrected chi connectivity index (χ4v) is 3.41. The van der Waals surface area contributed by atoms with Crippen molar-refractivity contribution in [1.82, 2.24) is 4.90 Å². The third kappa shape index (κ3) is 3.74. The molecule has 1 heterocycles. The van der Waals surface area contributed by atoms with Crippen molar-refractivity contribution in [1.29, 1.82) is 0 Å². The SMILES string of the molecule is C=CC[C@@H]1OC(c2ccc(Cl)cc2)C(c2ccc(Cl)cc2)N(C)C1=O. The summed E-state index contributed by atoms with van der Waals surface area (Å²) in [6.07, 6.45) is 1.34. The topological polar surface area (TPSA) is 29.5 Å². The Morgan fingerprint density at radius 3 is 2.08 bits per heavy atom. The van der Waals surface area contributed by atoms with Gasteiger partial charge in [-0.25, -0.2) is 0 Å². The molecule has 0 aromatic heterocycles. The van der Waals surface area contributed by atoms with Crippen LogP contribution < -0.4 is 0 Å². The van der Waals surface area contributed by atoms with Crippen molar-refractivity contribution < 1.29 is 9.53 Å². The van der Waals surface area contributed by atoms with E-state index in [1.54, 1.807) is 11.0 Å². The average Bonchev–Trinajstić information content (AvgIpc) is 2.61. The molecule has 25 heavy (non-hydrogen) atoms. The summed E-state index contributed by atoms with van der Waals surface area (Å²) in [6, 6.07) is 14.8. The largest absolute Gasteiger partial charge is 0.358 e. The van der Waals surface area contributed by atoms with E-state index in [4.69, 9.17) is 27.9 Å². The van der Waals surface area contributed by atoms with Crippen LogP contribution in [-0.2, 0) is 9.53 Å². The number of carbonyl (C=O) groups is 1. The number of halogens is 2. The lowest BCUT2D eigenvalue weighted by molar-refractivity contribution is -0.170. The molecule has 3 nitrogen and oxygen atoms in total. The van der Waals surface area contributed by atoms with E-state index in [-0.39, 0.29) is 18.1 Å². The number of benzene rings is 2. The van der Waals surface area contributed by atoms with E-state index < -0.39 is 6.10 Å². The summed E-state index contributed by atoms with van der Waals surface area (Å²) < 4.78 is 6.19. The predicted octanol–water partition coefficient (Wildman–Crippen LogP) is 5.21. The standard InChI is InChI=1S/C20H19Cl2NO2/c1-3-4-17-20(24)23(2)18(13-5-9-15(21)10-6-13)19(25-17)14-7-11-16(22)12-8-14/h3,5-12,17-19H,1,4H2,2H3/t17-,18?,19?/m0/s1.